The molecule has 8 aliphatic heterocycles. The molecule has 5 N–H and O–H groups in total. The van der Waals surface area contributed by atoms with Gasteiger partial charge in [0.2, 0.25) is 5.78 Å². The summed E-state index contributed by atoms with van der Waals surface area (Å²) >= 11 is 0. The Labute approximate surface area is 815 Å². The zero-order valence-electron chi connectivity index (χ0n) is 82.1. The molecule has 4 aliphatic carbocycles. The fourth-order valence-electron chi connectivity index (χ4n) is 19.3. The normalized spacial score (nSPS) is 31.5. The van der Waals surface area contributed by atoms with Crippen LogP contribution in [0.15, 0.2) is 127 Å². The van der Waals surface area contributed by atoms with Crippen molar-refractivity contribution in [1.29, 1.82) is 0 Å². The molecule has 0 bridgehead atoms. The van der Waals surface area contributed by atoms with Crippen LogP contribution in [0.1, 0.15) is 334 Å². The van der Waals surface area contributed by atoms with Crippen molar-refractivity contribution in [1.82, 2.24) is 0 Å². The summed E-state index contributed by atoms with van der Waals surface area (Å²) in [7, 11) is 0. The van der Waals surface area contributed by atoms with Crippen molar-refractivity contribution in [2.45, 2.75) is 375 Å². The minimum Gasteiger partial charge on any atom is -0.507 e. The molecule has 0 spiro atoms. The summed E-state index contributed by atoms with van der Waals surface area (Å²) in [6, 6.07) is 23.5. The largest absolute Gasteiger partial charge is 0.507 e. The third kappa shape index (κ3) is 30.3. The molecule has 8 fully saturated rings. The summed E-state index contributed by atoms with van der Waals surface area (Å²) in [4.78, 5) is 111. The highest BCUT2D eigenvalue weighted by Crippen LogP contribution is 2.58. The highest BCUT2D eigenvalue weighted by Gasteiger charge is 2.55. The van der Waals surface area contributed by atoms with Crippen molar-refractivity contribution < 1.29 is 139 Å². The first kappa shape index (κ1) is 113. The van der Waals surface area contributed by atoms with Crippen LogP contribution in [0.5, 0.6) is 17.2 Å². The molecule has 762 valence electrons. The number of ketones is 4. The van der Waals surface area contributed by atoms with Crippen LogP contribution < -0.4 is 0 Å². The van der Waals surface area contributed by atoms with E-state index in [4.69, 9.17) is 56.8 Å². The van der Waals surface area contributed by atoms with E-state index in [-0.39, 0.29) is 145 Å². The van der Waals surface area contributed by atoms with Gasteiger partial charge in [-0.05, 0) is 321 Å². The molecule has 17 rings (SSSR count). The number of phenols is 3. The Bertz CT molecular complexity index is 5150. The number of Topliss-reactive ketones (excluding diaryl/α,β-unsaturated/α-hetero) is 1. The number of rotatable bonds is 3. The second-order valence-electron chi connectivity index (χ2n) is 39.5. The molecule has 10 unspecified atom stereocenters. The van der Waals surface area contributed by atoms with Gasteiger partial charge in [0.05, 0.1) is 41.6 Å². The Balaban J connectivity index is 0.000000197. The molecule has 4 saturated carbocycles. The maximum atomic E-state index is 13.1. The molecule has 12 aliphatic rings. The van der Waals surface area contributed by atoms with Gasteiger partial charge in [0.25, 0.3) is 0 Å². The van der Waals surface area contributed by atoms with Crippen LogP contribution in [-0.2, 0) is 76.0 Å². The zero-order valence-corrected chi connectivity index (χ0v) is 82.1. The Morgan fingerprint density at radius 3 is 1.17 bits per heavy atom. The smallest absolute Gasteiger partial charge is 0.449 e. The first-order valence-corrected chi connectivity index (χ1v) is 48.2. The van der Waals surface area contributed by atoms with Crippen molar-refractivity contribution >= 4 is 53.0 Å². The maximum absolute atomic E-state index is 13.1. The predicted molar refractivity (Wildman–Crippen MR) is 516 cm³/mol. The number of hydrogen-bond acceptors (Lipinski definition) is 26. The Morgan fingerprint density at radius 2 is 0.799 bits per heavy atom. The van der Waals surface area contributed by atoms with E-state index in [2.05, 4.69) is 19.9 Å². The van der Waals surface area contributed by atoms with Gasteiger partial charge in [-0.1, -0.05) is 114 Å². The summed E-state index contributed by atoms with van der Waals surface area (Å²) in [5, 5.41) is 51.6. The number of esters is 5. The van der Waals surface area contributed by atoms with Gasteiger partial charge in [0.1, 0.15) is 88.9 Å². The summed E-state index contributed by atoms with van der Waals surface area (Å²) in [5.41, 5.74) is 9.95. The molecule has 5 aromatic rings. The Morgan fingerprint density at radius 1 is 0.446 bits per heavy atom. The quantitative estimate of drug-likeness (QED) is 0.0636. The highest BCUT2D eigenvalue weighted by atomic mass is 19.4. The van der Waals surface area contributed by atoms with Gasteiger partial charge in [-0.15, -0.1) is 0 Å². The molecule has 0 amide bonds. The lowest BCUT2D eigenvalue weighted by molar-refractivity contribution is -0.170. The molecule has 29 heteroatoms. The van der Waals surface area contributed by atoms with Gasteiger partial charge < -0.3 is 82.4 Å². The lowest BCUT2D eigenvalue weighted by Gasteiger charge is -2.25. The van der Waals surface area contributed by atoms with Crippen LogP contribution in [0.4, 0.5) is 13.2 Å². The monoisotopic (exact) mass is 1940 g/mol. The first-order valence-electron chi connectivity index (χ1n) is 48.2. The number of carbonyl (C=O) groups is 9. The van der Waals surface area contributed by atoms with Crippen molar-refractivity contribution in [2.75, 3.05) is 6.61 Å². The fraction of sp³-hybridized carbons (Fsp3) is 0.573. The van der Waals surface area contributed by atoms with Gasteiger partial charge in [0.15, 0.2) is 34.7 Å². The number of halogens is 3. The third-order valence-electron chi connectivity index (χ3n) is 26.1. The van der Waals surface area contributed by atoms with Crippen molar-refractivity contribution in [2.24, 2.45) is 23.7 Å². The van der Waals surface area contributed by atoms with E-state index in [0.29, 0.717) is 67.2 Å². The van der Waals surface area contributed by atoms with E-state index in [1.54, 1.807) is 81.5 Å². The number of phenolic OH excluding ortho intramolecular Hbond substituents is 3. The molecule has 8 heterocycles. The fourth-order valence-corrected chi connectivity index (χ4v) is 19.3. The Hall–Kier alpha value is -10.1. The number of aryl methyl sites for hydroxylation is 5. The van der Waals surface area contributed by atoms with Crippen LogP contribution in [0.25, 0.3) is 0 Å². The summed E-state index contributed by atoms with van der Waals surface area (Å²) in [5.74, 6) is -6.02. The van der Waals surface area contributed by atoms with E-state index in [0.717, 1.165) is 76.8 Å². The second-order valence-corrected chi connectivity index (χ2v) is 39.5. The maximum Gasteiger partial charge on any atom is 0.449 e. The molecule has 4 saturated heterocycles. The number of aliphatic hydroxyl groups excluding tert-OH is 2. The minimum atomic E-state index is -4.63. The molecule has 139 heavy (non-hydrogen) atoms. The number of benzene rings is 5. The van der Waals surface area contributed by atoms with E-state index in [9.17, 15) is 81.9 Å². The molecular formula is C110H145F3O26. The van der Waals surface area contributed by atoms with Gasteiger partial charge in [-0.2, -0.15) is 13.2 Å². The topological polar surface area (TPSA) is 366 Å². The summed E-state index contributed by atoms with van der Waals surface area (Å²) in [6.45, 7) is 36.1. The summed E-state index contributed by atoms with van der Waals surface area (Å²) < 4.78 is 103. The molecule has 0 aromatic heterocycles. The van der Waals surface area contributed by atoms with Gasteiger partial charge in [0, 0.05) is 38.7 Å². The molecule has 22 atom stereocenters. The Kier molecular flexibility index (Phi) is 39.0. The SMILES string of the molecule is C.C.CC.CC1CCCO1.CCC(=O)C(F)(F)F.Cc1cc(C)c2c(c1)C1CC1C[C@@H]1OC(C)(C)O[C@@H]1C(=O)/C=C\C[C@H](C)OC2=O.Cc1cc(O)c2c(c1)C1CC1C[C@@H]1OC(C)(C)O[C@@H]1C(=O)/C=C\C[C@H](C)OC2=O.Cc1cc(O)c2c(c1)C1CC1C[C@@H]1OC(C)(C)O[C@@H]1C(OC(=O)c1ccccc1)/C=C\C[C@H](C)OC2=O.Cc1cc(O)c2c(c1)C1CC1C[C@H](O)[C@H](O)C(=O)/C=C\C[C@H](C)OC2=O. The van der Waals surface area contributed by atoms with Gasteiger partial charge in [-0.25, -0.2) is 24.0 Å². The number of fused-ring (bicyclic) bond motifs is 15. The number of ether oxygens (including phenoxy) is 12. The van der Waals surface area contributed by atoms with Crippen molar-refractivity contribution in [3.05, 3.63) is 205 Å². The number of cyclic esters (lactones) is 4. The zero-order chi connectivity index (χ0) is 100. The second kappa shape index (κ2) is 48.1. The molecule has 0 radical (unpaired) electrons. The lowest BCUT2D eigenvalue weighted by Crippen LogP contribution is -2.38. The van der Waals surface area contributed by atoms with Crippen LogP contribution in [0.3, 0.4) is 0 Å². The number of hydrogen-bond donors (Lipinski definition) is 5. The van der Waals surface area contributed by atoms with Crippen molar-refractivity contribution in [3.8, 4) is 17.2 Å². The van der Waals surface area contributed by atoms with Gasteiger partial charge in [-0.3, -0.25) is 19.2 Å². The molecule has 5 aromatic carbocycles. The number of alkyl halides is 3. The van der Waals surface area contributed by atoms with Crippen LogP contribution >= 0.6 is 0 Å². The number of aliphatic hydroxyl groups is 2. The van der Waals surface area contributed by atoms with Crippen molar-refractivity contribution in [3.63, 3.8) is 0 Å². The molecule has 26 nitrogen and oxygen atoms in total. The summed E-state index contributed by atoms with van der Waals surface area (Å²) in [6.07, 6.45) is 10.6. The third-order valence-corrected chi connectivity index (χ3v) is 26.1. The van der Waals surface area contributed by atoms with E-state index < -0.39 is 120 Å². The van der Waals surface area contributed by atoms with Gasteiger partial charge >= 0.3 is 36.0 Å². The van der Waals surface area contributed by atoms with Crippen LogP contribution in [0.2, 0.25) is 0 Å². The van der Waals surface area contributed by atoms with Crippen LogP contribution in [0, 0.1) is 58.3 Å². The van der Waals surface area contributed by atoms with E-state index in [1.807, 2.05) is 126 Å². The number of carbonyl (C=O) groups excluding carboxylic acids is 9. The predicted octanol–water partition coefficient (Wildman–Crippen LogP) is 20.6. The number of aromatic hydroxyl groups is 3. The standard InChI is InChI=1S/C30H34O7.C24H30O5.C23H28O6.C20H24O6.C5H10O.C4H5F3O.C2H6.2CH4/c1-17-13-22-21-15-20(21)16-25-27(37-30(3,4)36-25)24(35-28(32)19-10-6-5-7-11-19)12-8-9-18(2)34-29(33)26(22)23(31)14-17;1-13-9-14(2)21-18(10-13)17-11-16(17)12-20-22(29-24(4,5)28-20)19(25)8-6-7-15(3)27-23(21)26;1-12-8-16-15-10-14(15)11-19-21(29-23(3,4)28-19)17(24)7-5-6-13(2)27-22(26)20(16)18(25)9-12;1-10-6-14-13-8-12(13)9-17(23)19(24)15(21)5-3-4-11(2)26-20(25)18(14)16(22)7-10;1-5-3-2-4-6-5;1-2-3(8)4(5,6)7;1-2;;/h5-8,10-14,18,20-21,24-25,27,31H,9,15-16H2,1-4H3;6,8-10,15-17,20,22H,7,11-12H2,1-5H3;5,7-9,13-15,19,21,25H,6,10-11H2,1-4H3;3,5-7,11-13,17,19,22-24H,4,8-9H2,1-2H3;5H,2-4H2,1H3;2H2,1H3;1-2H3;2*1H4/b12-8-;8-6-;7-5-;5-3-;;;;;/t18-,20?,21?,24?,25-,27+;15-,16?,17?,20-,22+;13-,14?,15?,19-,21+;11-,12?,13?,17-,19+;;;;;/m0000...../s1. The average Bonchev–Trinajstić information content (AvgIpc) is 1.61. The van der Waals surface area contributed by atoms with E-state index in [1.165, 1.54) is 44.1 Å². The first-order chi connectivity index (χ1) is 64.5. The minimum absolute atomic E-state index is 0. The molecular weight excluding hydrogens is 1790 g/mol. The lowest BCUT2D eigenvalue weighted by atomic mass is 9.93. The average molecular weight is 1940 g/mol. The van der Waals surface area contributed by atoms with E-state index >= 15 is 0 Å². The van der Waals surface area contributed by atoms with Crippen LogP contribution in [-0.4, -0.2) is 194 Å². The highest BCUT2D eigenvalue weighted by molar-refractivity contribution is 5.98.